The standard InChI is InChI=1S/C8H15NO2S/c1-12-11-8-3-2-6-10-7-4-5-9/h2-4,6-8H2,1H3. The largest absolute Gasteiger partial charge is 0.380 e. The lowest BCUT2D eigenvalue weighted by Crippen LogP contribution is -1.97. The van der Waals surface area contributed by atoms with Gasteiger partial charge in [0.2, 0.25) is 0 Å². The Morgan fingerprint density at radius 1 is 1.25 bits per heavy atom. The summed E-state index contributed by atoms with van der Waals surface area (Å²) in [5, 5.41) is 8.19. The van der Waals surface area contributed by atoms with Crippen molar-refractivity contribution >= 4 is 12.0 Å². The van der Waals surface area contributed by atoms with Gasteiger partial charge in [0, 0.05) is 12.9 Å². The first-order valence-corrected chi connectivity index (χ1v) is 5.17. The zero-order chi connectivity index (χ0) is 9.07. The Hall–Kier alpha value is -0.240. The molecule has 0 aliphatic heterocycles. The molecule has 0 N–H and O–H groups in total. The van der Waals surface area contributed by atoms with Crippen molar-refractivity contribution in [2.75, 3.05) is 26.1 Å². The van der Waals surface area contributed by atoms with Crippen LogP contribution in [0.5, 0.6) is 0 Å². The number of hydrogen-bond donors (Lipinski definition) is 0. The molecule has 12 heavy (non-hydrogen) atoms. The van der Waals surface area contributed by atoms with Gasteiger partial charge in [-0.25, -0.2) is 0 Å². The van der Waals surface area contributed by atoms with E-state index in [4.69, 9.17) is 14.2 Å². The van der Waals surface area contributed by atoms with Gasteiger partial charge in [-0.2, -0.15) is 5.26 Å². The van der Waals surface area contributed by atoms with E-state index in [1.165, 1.54) is 12.0 Å². The van der Waals surface area contributed by atoms with Crippen LogP contribution in [0.25, 0.3) is 0 Å². The topological polar surface area (TPSA) is 42.2 Å². The van der Waals surface area contributed by atoms with Crippen molar-refractivity contribution in [3.63, 3.8) is 0 Å². The van der Waals surface area contributed by atoms with E-state index >= 15 is 0 Å². The van der Waals surface area contributed by atoms with Crippen molar-refractivity contribution in [2.45, 2.75) is 19.3 Å². The summed E-state index contributed by atoms with van der Waals surface area (Å²) in [6.45, 7) is 2.07. The van der Waals surface area contributed by atoms with Gasteiger partial charge in [-0.05, 0) is 24.9 Å². The third-order valence-corrected chi connectivity index (χ3v) is 1.64. The molecule has 0 aliphatic rings. The van der Waals surface area contributed by atoms with Gasteiger partial charge in [-0.15, -0.1) is 0 Å². The average molecular weight is 189 g/mol. The van der Waals surface area contributed by atoms with Gasteiger partial charge >= 0.3 is 0 Å². The molecule has 0 aliphatic carbocycles. The Kier molecular flexibility index (Phi) is 10.5. The minimum absolute atomic E-state index is 0.487. The van der Waals surface area contributed by atoms with Crippen LogP contribution in [0.2, 0.25) is 0 Å². The van der Waals surface area contributed by atoms with Crippen LogP contribution in [-0.2, 0) is 8.92 Å². The first-order valence-electron chi connectivity index (χ1n) is 4.02. The molecule has 0 saturated carbocycles. The highest BCUT2D eigenvalue weighted by molar-refractivity contribution is 7.93. The Morgan fingerprint density at radius 3 is 2.67 bits per heavy atom. The fourth-order valence-corrected chi connectivity index (χ4v) is 0.953. The molecule has 4 heteroatoms. The smallest absolute Gasteiger partial charge is 0.0645 e. The molecule has 0 spiro atoms. The van der Waals surface area contributed by atoms with E-state index < -0.39 is 0 Å². The second-order valence-electron chi connectivity index (χ2n) is 2.22. The number of ether oxygens (including phenoxy) is 1. The molecule has 0 heterocycles. The van der Waals surface area contributed by atoms with Gasteiger partial charge < -0.3 is 8.92 Å². The van der Waals surface area contributed by atoms with Gasteiger partial charge in [0.1, 0.15) is 0 Å². The lowest BCUT2D eigenvalue weighted by atomic mass is 10.3. The third kappa shape index (κ3) is 9.76. The lowest BCUT2D eigenvalue weighted by Gasteiger charge is -2.01. The van der Waals surface area contributed by atoms with Gasteiger partial charge in [0.15, 0.2) is 0 Å². The van der Waals surface area contributed by atoms with Crippen molar-refractivity contribution < 1.29 is 8.92 Å². The van der Waals surface area contributed by atoms with Crippen LogP contribution in [0.1, 0.15) is 19.3 Å². The summed E-state index contributed by atoms with van der Waals surface area (Å²) < 4.78 is 10.2. The molecule has 70 valence electrons. The van der Waals surface area contributed by atoms with E-state index in [0.717, 1.165) is 26.1 Å². The number of hydrogen-bond acceptors (Lipinski definition) is 4. The fourth-order valence-electron chi connectivity index (χ4n) is 0.668. The van der Waals surface area contributed by atoms with E-state index in [9.17, 15) is 0 Å². The van der Waals surface area contributed by atoms with E-state index in [-0.39, 0.29) is 0 Å². The first-order chi connectivity index (χ1) is 5.91. The van der Waals surface area contributed by atoms with Crippen molar-refractivity contribution in [3.05, 3.63) is 0 Å². The summed E-state index contributed by atoms with van der Waals surface area (Å²) in [5.41, 5.74) is 0. The summed E-state index contributed by atoms with van der Waals surface area (Å²) in [7, 11) is 0. The van der Waals surface area contributed by atoms with E-state index in [2.05, 4.69) is 0 Å². The molecular weight excluding hydrogens is 174 g/mol. The summed E-state index contributed by atoms with van der Waals surface area (Å²) in [5.74, 6) is 0. The van der Waals surface area contributed by atoms with Gasteiger partial charge in [-0.3, -0.25) is 0 Å². The molecule has 0 radical (unpaired) electrons. The molecule has 0 aromatic rings. The molecule has 0 rings (SSSR count). The van der Waals surface area contributed by atoms with Crippen LogP contribution in [0.4, 0.5) is 0 Å². The first kappa shape index (κ1) is 11.8. The number of nitriles is 1. The van der Waals surface area contributed by atoms with Crippen LogP contribution in [0, 0.1) is 11.3 Å². The summed E-state index contributed by atoms with van der Waals surface area (Å²) in [6, 6.07) is 2.03. The quantitative estimate of drug-likeness (QED) is 0.432. The summed E-state index contributed by atoms with van der Waals surface area (Å²) in [4.78, 5) is 0. The zero-order valence-corrected chi connectivity index (χ0v) is 8.23. The van der Waals surface area contributed by atoms with Crippen molar-refractivity contribution in [1.82, 2.24) is 0 Å². The molecule has 0 aromatic carbocycles. The lowest BCUT2D eigenvalue weighted by molar-refractivity contribution is 0.132. The van der Waals surface area contributed by atoms with Crippen molar-refractivity contribution in [3.8, 4) is 6.07 Å². The highest BCUT2D eigenvalue weighted by atomic mass is 32.2. The summed E-state index contributed by atoms with van der Waals surface area (Å²) >= 11 is 1.39. The maximum Gasteiger partial charge on any atom is 0.0645 e. The average Bonchev–Trinajstić information content (AvgIpc) is 2.10. The molecule has 0 amide bonds. The third-order valence-electron chi connectivity index (χ3n) is 1.24. The van der Waals surface area contributed by atoms with Crippen LogP contribution < -0.4 is 0 Å². The van der Waals surface area contributed by atoms with E-state index in [1.54, 1.807) is 0 Å². The van der Waals surface area contributed by atoms with Crippen LogP contribution in [0.15, 0.2) is 0 Å². The predicted octanol–water partition coefficient (Wildman–Crippen LogP) is 1.99. The molecule has 0 aromatic heterocycles. The Labute approximate surface area is 78.2 Å². The Balaban J connectivity index is 2.78. The van der Waals surface area contributed by atoms with Crippen molar-refractivity contribution in [2.24, 2.45) is 0 Å². The van der Waals surface area contributed by atoms with E-state index in [0.29, 0.717) is 13.0 Å². The Morgan fingerprint density at radius 2 is 2.00 bits per heavy atom. The van der Waals surface area contributed by atoms with Gasteiger partial charge in [0.05, 0.1) is 25.7 Å². The highest BCUT2D eigenvalue weighted by Crippen LogP contribution is 1.98. The molecule has 0 saturated heterocycles. The zero-order valence-electron chi connectivity index (χ0n) is 7.41. The monoisotopic (exact) mass is 189 g/mol. The second-order valence-corrected chi connectivity index (χ2v) is 2.79. The second kappa shape index (κ2) is 10.8. The van der Waals surface area contributed by atoms with Crippen molar-refractivity contribution in [1.29, 1.82) is 5.26 Å². The van der Waals surface area contributed by atoms with Crippen LogP contribution in [0.3, 0.4) is 0 Å². The normalized spacial score (nSPS) is 9.67. The minimum Gasteiger partial charge on any atom is -0.380 e. The van der Waals surface area contributed by atoms with Gasteiger partial charge in [-0.1, -0.05) is 0 Å². The SMILES string of the molecule is CSOCCCCOCCC#N. The number of unbranched alkanes of at least 4 members (excludes halogenated alkanes) is 1. The molecular formula is C8H15NO2S. The predicted molar refractivity (Wildman–Crippen MR) is 49.8 cm³/mol. The molecule has 0 fully saturated rings. The van der Waals surface area contributed by atoms with Gasteiger partial charge in [0.25, 0.3) is 0 Å². The van der Waals surface area contributed by atoms with E-state index in [1.807, 2.05) is 12.3 Å². The number of nitrogens with zero attached hydrogens (tertiary/aromatic N) is 1. The molecule has 0 atom stereocenters. The molecule has 0 unspecified atom stereocenters. The fraction of sp³-hybridized carbons (Fsp3) is 0.875. The Bertz CT molecular complexity index is 125. The van der Waals surface area contributed by atoms with Crippen LogP contribution >= 0.6 is 12.0 Å². The summed E-state index contributed by atoms with van der Waals surface area (Å²) in [6.07, 6.45) is 4.42. The highest BCUT2D eigenvalue weighted by Gasteiger charge is 1.89. The van der Waals surface area contributed by atoms with Crippen LogP contribution in [-0.4, -0.2) is 26.1 Å². The molecule has 3 nitrogen and oxygen atoms in total. The maximum absolute atomic E-state index is 8.19. The molecule has 0 bridgehead atoms. The maximum atomic E-state index is 8.19. The number of rotatable bonds is 8. The minimum atomic E-state index is 0.487.